The molecule has 0 aromatic heterocycles. The largest absolute Gasteiger partial charge is 0.558 e. The van der Waals surface area contributed by atoms with Crippen LogP contribution in [0.2, 0.25) is 5.02 Å². The van der Waals surface area contributed by atoms with Crippen molar-refractivity contribution < 1.29 is 4.65 Å². The van der Waals surface area contributed by atoms with Gasteiger partial charge in [0, 0.05) is 14.1 Å². The third-order valence-electron chi connectivity index (χ3n) is 1.70. The maximum Gasteiger partial charge on any atom is 0.400 e. The second kappa shape index (κ2) is 4.96. The molecule has 0 aliphatic carbocycles. The molecule has 0 aliphatic rings. The van der Waals surface area contributed by atoms with Crippen LogP contribution in [0.15, 0.2) is 30.8 Å². The number of rotatable bonds is 4. The molecule has 0 atom stereocenters. The van der Waals surface area contributed by atoms with Gasteiger partial charge in [0.05, 0.1) is 10.7 Å². The van der Waals surface area contributed by atoms with Crippen LogP contribution >= 0.6 is 11.6 Å². The summed E-state index contributed by atoms with van der Waals surface area (Å²) in [6, 6.07) is 5.55. The molecule has 0 bridgehead atoms. The number of halogens is 1. The zero-order chi connectivity index (χ0) is 10.6. The SMILES string of the molecule is C=C[B]Oc1ccc(N(C)C)c(Cl)c1. The van der Waals surface area contributed by atoms with Crippen molar-refractivity contribution in [3.05, 3.63) is 35.8 Å². The first-order chi connectivity index (χ1) is 6.65. The van der Waals surface area contributed by atoms with E-state index in [1.54, 1.807) is 12.0 Å². The minimum Gasteiger partial charge on any atom is -0.558 e. The highest BCUT2D eigenvalue weighted by atomic mass is 35.5. The van der Waals surface area contributed by atoms with Gasteiger partial charge in [-0.05, 0) is 18.2 Å². The third kappa shape index (κ3) is 2.71. The molecule has 0 amide bonds. The molecular formula is C10H12BClNO. The second-order valence-electron chi connectivity index (χ2n) is 3.00. The van der Waals surface area contributed by atoms with E-state index < -0.39 is 0 Å². The Hall–Kier alpha value is -1.09. The van der Waals surface area contributed by atoms with E-state index in [0.717, 1.165) is 5.69 Å². The Kier molecular flexibility index (Phi) is 3.90. The molecule has 0 saturated carbocycles. The Morgan fingerprint density at radius 1 is 1.50 bits per heavy atom. The van der Waals surface area contributed by atoms with Crippen molar-refractivity contribution in [3.8, 4) is 5.75 Å². The summed E-state index contributed by atoms with van der Waals surface area (Å²) in [6.07, 6.45) is 0. The number of benzene rings is 1. The standard InChI is InChI=1S/C10H12BClNO/c1-4-11-14-8-5-6-10(13(2)3)9(12)7-8/h4-7H,1H2,2-3H3. The third-order valence-corrected chi connectivity index (χ3v) is 2.00. The Bertz CT molecular complexity index is 328. The molecule has 73 valence electrons. The second-order valence-corrected chi connectivity index (χ2v) is 3.40. The van der Waals surface area contributed by atoms with Crippen LogP contribution in [0.25, 0.3) is 0 Å². The highest BCUT2D eigenvalue weighted by molar-refractivity contribution is 6.35. The van der Waals surface area contributed by atoms with Crippen molar-refractivity contribution in [1.29, 1.82) is 0 Å². The molecule has 2 nitrogen and oxygen atoms in total. The molecule has 0 spiro atoms. The van der Waals surface area contributed by atoms with Crippen molar-refractivity contribution in [2.75, 3.05) is 19.0 Å². The Labute approximate surface area is 90.4 Å². The first-order valence-electron chi connectivity index (χ1n) is 4.23. The summed E-state index contributed by atoms with van der Waals surface area (Å²) >= 11 is 6.04. The predicted molar refractivity (Wildman–Crippen MR) is 62.4 cm³/mol. The van der Waals surface area contributed by atoms with Gasteiger partial charge in [-0.1, -0.05) is 17.6 Å². The molecule has 0 N–H and O–H groups in total. The van der Waals surface area contributed by atoms with Crippen molar-refractivity contribution in [2.45, 2.75) is 0 Å². The number of anilines is 1. The molecule has 1 aromatic carbocycles. The van der Waals surface area contributed by atoms with Gasteiger partial charge in [0.2, 0.25) is 0 Å². The van der Waals surface area contributed by atoms with Crippen LogP contribution < -0.4 is 9.55 Å². The minimum absolute atomic E-state index is 0.671. The van der Waals surface area contributed by atoms with E-state index in [2.05, 4.69) is 6.58 Å². The van der Waals surface area contributed by atoms with Crippen LogP contribution in [0.4, 0.5) is 5.69 Å². The summed E-state index contributed by atoms with van der Waals surface area (Å²) in [5, 5.41) is 0.671. The first-order valence-corrected chi connectivity index (χ1v) is 4.60. The molecule has 0 unspecified atom stereocenters. The molecule has 0 aliphatic heterocycles. The summed E-state index contributed by atoms with van der Waals surface area (Å²) in [6.45, 7) is 3.52. The van der Waals surface area contributed by atoms with Crippen LogP contribution in [0, 0.1) is 0 Å². The van der Waals surface area contributed by atoms with Crippen LogP contribution in [0.5, 0.6) is 5.75 Å². The lowest BCUT2D eigenvalue weighted by atomic mass is 10.0. The molecule has 14 heavy (non-hydrogen) atoms. The summed E-state index contributed by atoms with van der Waals surface area (Å²) in [7, 11) is 5.40. The van der Waals surface area contributed by atoms with Crippen LogP contribution in [0.1, 0.15) is 0 Å². The van der Waals surface area contributed by atoms with Crippen molar-refractivity contribution in [1.82, 2.24) is 0 Å². The van der Waals surface area contributed by atoms with E-state index in [1.807, 2.05) is 31.1 Å². The molecular weight excluding hydrogens is 196 g/mol. The molecule has 1 aromatic rings. The quantitative estimate of drug-likeness (QED) is 0.705. The van der Waals surface area contributed by atoms with Gasteiger partial charge in [0.1, 0.15) is 5.75 Å². The van der Waals surface area contributed by atoms with Gasteiger partial charge in [-0.2, -0.15) is 0 Å². The van der Waals surface area contributed by atoms with E-state index in [-0.39, 0.29) is 0 Å². The van der Waals surface area contributed by atoms with Crippen LogP contribution in [-0.4, -0.2) is 21.6 Å². The number of hydrogen-bond acceptors (Lipinski definition) is 2. The summed E-state index contributed by atoms with van der Waals surface area (Å²) in [5.41, 5.74) is 0.970. The molecule has 0 heterocycles. The highest BCUT2D eigenvalue weighted by Gasteiger charge is 2.03. The summed E-state index contributed by atoms with van der Waals surface area (Å²) in [4.78, 5) is 1.95. The van der Waals surface area contributed by atoms with Gasteiger partial charge < -0.3 is 9.55 Å². The lowest BCUT2D eigenvalue weighted by Crippen LogP contribution is -2.09. The maximum atomic E-state index is 6.04. The number of hydrogen-bond donors (Lipinski definition) is 0. The van der Waals surface area contributed by atoms with Crippen molar-refractivity contribution in [3.63, 3.8) is 0 Å². The number of nitrogens with zero attached hydrogens (tertiary/aromatic N) is 1. The Morgan fingerprint density at radius 2 is 2.21 bits per heavy atom. The van der Waals surface area contributed by atoms with E-state index in [1.165, 1.54) is 7.48 Å². The Balaban J connectivity index is 2.83. The highest BCUT2D eigenvalue weighted by Crippen LogP contribution is 2.28. The average molecular weight is 208 g/mol. The Morgan fingerprint density at radius 3 is 2.71 bits per heavy atom. The molecule has 4 heteroatoms. The molecule has 1 radical (unpaired) electrons. The molecule has 0 saturated heterocycles. The van der Waals surface area contributed by atoms with Gasteiger partial charge in [0.25, 0.3) is 0 Å². The minimum atomic E-state index is 0.671. The maximum absolute atomic E-state index is 6.04. The molecule has 0 fully saturated rings. The van der Waals surface area contributed by atoms with Gasteiger partial charge in [-0.3, -0.25) is 0 Å². The van der Waals surface area contributed by atoms with Gasteiger partial charge in [-0.25, -0.2) is 0 Å². The van der Waals surface area contributed by atoms with Crippen LogP contribution in [-0.2, 0) is 0 Å². The summed E-state index contributed by atoms with van der Waals surface area (Å²) in [5.74, 6) is 2.29. The van der Waals surface area contributed by atoms with E-state index in [0.29, 0.717) is 10.8 Å². The summed E-state index contributed by atoms with van der Waals surface area (Å²) < 4.78 is 5.22. The fourth-order valence-corrected chi connectivity index (χ4v) is 1.39. The van der Waals surface area contributed by atoms with E-state index in [9.17, 15) is 0 Å². The topological polar surface area (TPSA) is 12.5 Å². The first kappa shape index (κ1) is 11.0. The van der Waals surface area contributed by atoms with Crippen LogP contribution in [0.3, 0.4) is 0 Å². The zero-order valence-corrected chi connectivity index (χ0v) is 9.08. The van der Waals surface area contributed by atoms with Gasteiger partial charge >= 0.3 is 7.48 Å². The fourth-order valence-electron chi connectivity index (χ4n) is 1.05. The lowest BCUT2D eigenvalue weighted by Gasteiger charge is -2.15. The van der Waals surface area contributed by atoms with E-state index in [4.69, 9.17) is 16.3 Å². The van der Waals surface area contributed by atoms with Crippen molar-refractivity contribution >= 4 is 24.8 Å². The smallest absolute Gasteiger partial charge is 0.400 e. The zero-order valence-electron chi connectivity index (χ0n) is 8.33. The lowest BCUT2D eigenvalue weighted by molar-refractivity contribution is 0.604. The fraction of sp³-hybridized carbons (Fsp3) is 0.200. The monoisotopic (exact) mass is 208 g/mol. The van der Waals surface area contributed by atoms with E-state index >= 15 is 0 Å². The average Bonchev–Trinajstić information content (AvgIpc) is 2.14. The van der Waals surface area contributed by atoms with Gasteiger partial charge in [0.15, 0.2) is 0 Å². The molecule has 1 rings (SSSR count). The van der Waals surface area contributed by atoms with Gasteiger partial charge in [-0.15, -0.1) is 6.58 Å². The van der Waals surface area contributed by atoms with Crippen molar-refractivity contribution in [2.24, 2.45) is 0 Å². The normalized spacial score (nSPS) is 9.36. The predicted octanol–water partition coefficient (Wildman–Crippen LogP) is 2.55.